The zero-order chi connectivity index (χ0) is 13.3. The van der Waals surface area contributed by atoms with Gasteiger partial charge in [0, 0.05) is 32.2 Å². The molecule has 0 aromatic carbocycles. The number of fused-ring (bicyclic) bond motifs is 1. The predicted molar refractivity (Wildman–Crippen MR) is 70.9 cm³/mol. The molecule has 0 bridgehead atoms. The molecule has 5 heteroatoms. The summed E-state index contributed by atoms with van der Waals surface area (Å²) in [6, 6.07) is 2.25. The Kier molecular flexibility index (Phi) is 3.64. The van der Waals surface area contributed by atoms with E-state index in [4.69, 9.17) is 14.6 Å². The normalized spacial score (nSPS) is 19.8. The number of rotatable bonds is 3. The van der Waals surface area contributed by atoms with Gasteiger partial charge in [0.05, 0.1) is 5.69 Å². The van der Waals surface area contributed by atoms with E-state index in [0.717, 1.165) is 24.5 Å². The van der Waals surface area contributed by atoms with Gasteiger partial charge in [-0.05, 0) is 6.42 Å². The van der Waals surface area contributed by atoms with Crippen molar-refractivity contribution in [2.24, 2.45) is 0 Å². The van der Waals surface area contributed by atoms with Crippen LogP contribution in [-0.2, 0) is 14.9 Å². The van der Waals surface area contributed by atoms with Gasteiger partial charge in [-0.3, -0.25) is 0 Å². The number of hydrogen-bond donors (Lipinski definition) is 1. The van der Waals surface area contributed by atoms with Crippen molar-refractivity contribution < 1.29 is 9.47 Å². The Morgan fingerprint density at radius 3 is 2.61 bits per heavy atom. The van der Waals surface area contributed by atoms with Crippen LogP contribution in [0.4, 0.5) is 5.82 Å². The van der Waals surface area contributed by atoms with Crippen molar-refractivity contribution >= 4 is 5.82 Å². The molecular formula is C13H23N3O2. The molecule has 0 spiro atoms. The van der Waals surface area contributed by atoms with Crippen LogP contribution >= 0.6 is 0 Å². The number of methoxy groups -OCH3 is 2. The Labute approximate surface area is 108 Å². The molecule has 5 nitrogen and oxygen atoms in total. The zero-order valence-electron chi connectivity index (χ0n) is 11.9. The average Bonchev–Trinajstić information content (AvgIpc) is 2.75. The first-order valence-electron chi connectivity index (χ1n) is 6.37. The molecule has 1 aromatic rings. The second kappa shape index (κ2) is 4.90. The van der Waals surface area contributed by atoms with Crippen LogP contribution in [0.3, 0.4) is 0 Å². The molecule has 1 unspecified atom stereocenters. The van der Waals surface area contributed by atoms with Crippen LogP contribution in [0.15, 0.2) is 6.07 Å². The molecule has 0 amide bonds. The van der Waals surface area contributed by atoms with Crippen LogP contribution in [0.5, 0.6) is 0 Å². The average molecular weight is 253 g/mol. The van der Waals surface area contributed by atoms with E-state index in [1.807, 2.05) is 4.68 Å². The minimum absolute atomic E-state index is 0.0478. The maximum atomic E-state index is 5.38. The van der Waals surface area contributed by atoms with Gasteiger partial charge in [0.15, 0.2) is 6.29 Å². The molecule has 1 atom stereocenters. The highest BCUT2D eigenvalue weighted by Crippen LogP contribution is 2.31. The van der Waals surface area contributed by atoms with E-state index in [1.54, 1.807) is 14.2 Å². The van der Waals surface area contributed by atoms with Crippen molar-refractivity contribution in [1.82, 2.24) is 9.78 Å². The molecule has 0 saturated heterocycles. The minimum atomic E-state index is -0.251. The summed E-state index contributed by atoms with van der Waals surface area (Å²) in [5.74, 6) is 1.05. The topological polar surface area (TPSA) is 48.3 Å². The van der Waals surface area contributed by atoms with Gasteiger partial charge >= 0.3 is 0 Å². The minimum Gasteiger partial charge on any atom is -0.370 e. The molecule has 1 N–H and O–H groups in total. The van der Waals surface area contributed by atoms with Crippen molar-refractivity contribution in [3.63, 3.8) is 0 Å². The van der Waals surface area contributed by atoms with Crippen molar-refractivity contribution in [2.45, 2.75) is 44.9 Å². The van der Waals surface area contributed by atoms with Crippen molar-refractivity contribution in [1.29, 1.82) is 0 Å². The summed E-state index contributed by atoms with van der Waals surface area (Å²) in [5, 5.41) is 8.09. The monoisotopic (exact) mass is 253 g/mol. The van der Waals surface area contributed by atoms with Crippen LogP contribution in [0.1, 0.15) is 38.9 Å². The largest absolute Gasteiger partial charge is 0.370 e. The van der Waals surface area contributed by atoms with Crippen LogP contribution in [0.2, 0.25) is 0 Å². The van der Waals surface area contributed by atoms with Gasteiger partial charge < -0.3 is 14.8 Å². The van der Waals surface area contributed by atoms with E-state index in [9.17, 15) is 0 Å². The molecule has 0 radical (unpaired) electrons. The van der Waals surface area contributed by atoms with Gasteiger partial charge in [-0.15, -0.1) is 0 Å². The first-order chi connectivity index (χ1) is 8.47. The molecule has 0 fully saturated rings. The van der Waals surface area contributed by atoms with Crippen LogP contribution in [-0.4, -0.2) is 36.8 Å². The third-order valence-corrected chi connectivity index (χ3v) is 3.34. The Hall–Kier alpha value is -1.07. The fraction of sp³-hybridized carbons (Fsp3) is 0.769. The van der Waals surface area contributed by atoms with Crippen LogP contribution in [0, 0.1) is 0 Å². The van der Waals surface area contributed by atoms with Gasteiger partial charge in [0.25, 0.3) is 0 Å². The summed E-state index contributed by atoms with van der Waals surface area (Å²) in [4.78, 5) is 0. The third kappa shape index (κ3) is 2.37. The second-order valence-electron chi connectivity index (χ2n) is 5.73. The Bertz CT molecular complexity index is 405. The first-order valence-corrected chi connectivity index (χ1v) is 6.37. The number of nitrogens with zero attached hydrogens (tertiary/aromatic N) is 2. The molecule has 1 aliphatic heterocycles. The van der Waals surface area contributed by atoms with Gasteiger partial charge in [-0.1, -0.05) is 20.8 Å². The van der Waals surface area contributed by atoms with E-state index in [-0.39, 0.29) is 17.7 Å². The summed E-state index contributed by atoms with van der Waals surface area (Å²) >= 11 is 0. The number of hydrogen-bond acceptors (Lipinski definition) is 4. The lowest BCUT2D eigenvalue weighted by Gasteiger charge is -2.30. The van der Waals surface area contributed by atoms with E-state index in [1.165, 1.54) is 0 Å². The molecule has 102 valence electrons. The van der Waals surface area contributed by atoms with Crippen LogP contribution in [0.25, 0.3) is 0 Å². The first kappa shape index (κ1) is 13.4. The van der Waals surface area contributed by atoms with Gasteiger partial charge in [0.2, 0.25) is 0 Å². The SMILES string of the molecule is COC(OC)C1CCNc2cc(C(C)(C)C)nn21. The standard InChI is InChI=1S/C13H23N3O2/c1-13(2,3)10-8-11-14-7-6-9(16(11)15-10)12(17-4)18-5/h8-9,12,14H,6-7H2,1-5H3. The Morgan fingerprint density at radius 2 is 2.06 bits per heavy atom. The molecule has 1 aromatic heterocycles. The summed E-state index contributed by atoms with van der Waals surface area (Å²) < 4.78 is 12.8. The zero-order valence-corrected chi connectivity index (χ0v) is 11.9. The quantitative estimate of drug-likeness (QED) is 0.839. The lowest BCUT2D eigenvalue weighted by Crippen LogP contribution is -2.34. The second-order valence-corrected chi connectivity index (χ2v) is 5.73. The highest BCUT2D eigenvalue weighted by atomic mass is 16.7. The van der Waals surface area contributed by atoms with Crippen molar-refractivity contribution in [2.75, 3.05) is 26.1 Å². The fourth-order valence-corrected chi connectivity index (χ4v) is 2.28. The number of aromatic nitrogens is 2. The van der Waals surface area contributed by atoms with Gasteiger partial charge in [0.1, 0.15) is 11.9 Å². The lowest BCUT2D eigenvalue weighted by molar-refractivity contribution is -0.135. The predicted octanol–water partition coefficient (Wildman–Crippen LogP) is 2.16. The maximum Gasteiger partial charge on any atom is 0.179 e. The number of ether oxygens (including phenoxy) is 2. The summed E-state index contributed by atoms with van der Waals surface area (Å²) in [5.41, 5.74) is 1.13. The summed E-state index contributed by atoms with van der Waals surface area (Å²) in [6.45, 7) is 7.42. The number of nitrogens with one attached hydrogen (secondary N) is 1. The summed E-state index contributed by atoms with van der Waals surface area (Å²) in [7, 11) is 3.34. The summed E-state index contributed by atoms with van der Waals surface area (Å²) in [6.07, 6.45) is 0.698. The van der Waals surface area contributed by atoms with E-state index >= 15 is 0 Å². The highest BCUT2D eigenvalue weighted by Gasteiger charge is 2.31. The molecule has 2 heterocycles. The maximum absolute atomic E-state index is 5.38. The molecular weight excluding hydrogens is 230 g/mol. The van der Waals surface area contributed by atoms with Crippen molar-refractivity contribution in [3.05, 3.63) is 11.8 Å². The highest BCUT2D eigenvalue weighted by molar-refractivity contribution is 5.41. The van der Waals surface area contributed by atoms with Gasteiger partial charge in [-0.25, -0.2) is 4.68 Å². The van der Waals surface area contributed by atoms with Gasteiger partial charge in [-0.2, -0.15) is 5.10 Å². The molecule has 2 rings (SSSR count). The lowest BCUT2D eigenvalue weighted by atomic mass is 9.92. The third-order valence-electron chi connectivity index (χ3n) is 3.34. The van der Waals surface area contributed by atoms with Crippen LogP contribution < -0.4 is 5.32 Å². The fourth-order valence-electron chi connectivity index (χ4n) is 2.28. The molecule has 0 saturated carbocycles. The van der Waals surface area contributed by atoms with E-state index in [0.29, 0.717) is 0 Å². The number of anilines is 1. The van der Waals surface area contributed by atoms with E-state index < -0.39 is 0 Å². The molecule has 1 aliphatic rings. The molecule has 0 aliphatic carbocycles. The van der Waals surface area contributed by atoms with Crippen molar-refractivity contribution in [3.8, 4) is 0 Å². The van der Waals surface area contributed by atoms with E-state index in [2.05, 4.69) is 32.2 Å². The Morgan fingerprint density at radius 1 is 1.39 bits per heavy atom. The molecule has 18 heavy (non-hydrogen) atoms. The Balaban J connectivity index is 2.34. The smallest absolute Gasteiger partial charge is 0.179 e.